The summed E-state index contributed by atoms with van der Waals surface area (Å²) in [6.07, 6.45) is 8.97. The molecule has 4 aliphatic carbocycles. The molecular formula is C20H23NO3. The second kappa shape index (κ2) is 3.83. The minimum absolute atomic E-state index is 0.0210. The highest BCUT2D eigenvalue weighted by molar-refractivity contribution is 5.64. The smallest absolute Gasteiger partial charge is 0.165 e. The Morgan fingerprint density at radius 3 is 2.88 bits per heavy atom. The molecule has 2 spiro atoms. The Hall–Kier alpha value is -1.52. The maximum Gasteiger partial charge on any atom is 0.165 e. The van der Waals surface area contributed by atoms with Gasteiger partial charge in [0.2, 0.25) is 0 Å². The molecule has 24 heavy (non-hydrogen) atoms. The van der Waals surface area contributed by atoms with Gasteiger partial charge in [0.25, 0.3) is 0 Å². The van der Waals surface area contributed by atoms with E-state index in [0.29, 0.717) is 6.04 Å². The predicted octanol–water partition coefficient (Wildman–Crippen LogP) is 2.39. The number of likely N-dealkylation sites (N-methyl/N-ethyl adjacent to an activating group) is 1. The second-order valence-corrected chi connectivity index (χ2v) is 8.40. The quantitative estimate of drug-likeness (QED) is 0.805. The lowest BCUT2D eigenvalue weighted by molar-refractivity contribution is -0.186. The molecule has 1 N–H and O–H groups in total. The van der Waals surface area contributed by atoms with Gasteiger partial charge in [-0.05, 0) is 50.9 Å². The van der Waals surface area contributed by atoms with E-state index in [1.165, 1.54) is 11.1 Å². The fourth-order valence-electron chi connectivity index (χ4n) is 6.97. The van der Waals surface area contributed by atoms with Gasteiger partial charge in [-0.3, -0.25) is 0 Å². The summed E-state index contributed by atoms with van der Waals surface area (Å²) >= 11 is 0. The van der Waals surface area contributed by atoms with Gasteiger partial charge in [0.15, 0.2) is 11.5 Å². The molecule has 2 heterocycles. The average Bonchev–Trinajstić information content (AvgIpc) is 2.98. The van der Waals surface area contributed by atoms with Crippen molar-refractivity contribution in [3.8, 4) is 11.5 Å². The third-order valence-electron chi connectivity index (χ3n) is 8.00. The van der Waals surface area contributed by atoms with E-state index in [1.54, 1.807) is 0 Å². The molecule has 6 aliphatic rings. The van der Waals surface area contributed by atoms with Gasteiger partial charge < -0.3 is 19.5 Å². The van der Waals surface area contributed by atoms with Crippen LogP contribution in [-0.4, -0.2) is 48.5 Å². The zero-order chi connectivity index (χ0) is 16.3. The van der Waals surface area contributed by atoms with E-state index < -0.39 is 0 Å². The van der Waals surface area contributed by atoms with Crippen LogP contribution in [0.15, 0.2) is 24.3 Å². The van der Waals surface area contributed by atoms with Crippen molar-refractivity contribution in [2.45, 2.75) is 48.8 Å². The van der Waals surface area contributed by atoms with E-state index in [9.17, 15) is 5.11 Å². The number of ether oxygens (including phenoxy) is 2. The molecule has 7 rings (SSSR count). The first-order chi connectivity index (χ1) is 11.6. The van der Waals surface area contributed by atoms with Crippen LogP contribution in [0.5, 0.6) is 11.5 Å². The number of nitrogens with zero attached hydrogens (tertiary/aromatic N) is 1. The maximum absolute atomic E-state index is 10.5. The van der Waals surface area contributed by atoms with Crippen LogP contribution in [0, 0.1) is 5.41 Å². The first kappa shape index (κ1) is 13.7. The summed E-state index contributed by atoms with van der Waals surface area (Å²) in [5.74, 6) is 1.02. The summed E-state index contributed by atoms with van der Waals surface area (Å²) in [6, 6.07) is 4.43. The molecule has 5 atom stereocenters. The number of piperidine rings is 1. The Morgan fingerprint density at radius 2 is 2.12 bits per heavy atom. The number of rotatable bonds is 1. The first-order valence-corrected chi connectivity index (χ1v) is 9.06. The Balaban J connectivity index is 1.75. The van der Waals surface area contributed by atoms with Gasteiger partial charge in [0.1, 0.15) is 11.7 Å². The molecule has 0 radical (unpaired) electrons. The van der Waals surface area contributed by atoms with Crippen molar-refractivity contribution in [3.63, 3.8) is 0 Å². The lowest BCUT2D eigenvalue weighted by Crippen LogP contribution is -2.76. The molecule has 126 valence electrons. The van der Waals surface area contributed by atoms with Crippen LogP contribution in [0.4, 0.5) is 0 Å². The Morgan fingerprint density at radius 1 is 1.25 bits per heavy atom. The number of fused-ring (bicyclic) bond motifs is 1. The molecule has 2 fully saturated rings. The van der Waals surface area contributed by atoms with E-state index in [0.717, 1.165) is 38.0 Å². The van der Waals surface area contributed by atoms with Crippen molar-refractivity contribution in [2.75, 3.05) is 20.7 Å². The van der Waals surface area contributed by atoms with Crippen molar-refractivity contribution >= 4 is 0 Å². The predicted molar refractivity (Wildman–Crippen MR) is 89.5 cm³/mol. The normalized spacial score (nSPS) is 46.8. The van der Waals surface area contributed by atoms with Gasteiger partial charge in [0.05, 0.1) is 5.41 Å². The van der Waals surface area contributed by atoms with E-state index in [4.69, 9.17) is 9.47 Å². The van der Waals surface area contributed by atoms with E-state index >= 15 is 0 Å². The van der Waals surface area contributed by atoms with Crippen molar-refractivity contribution in [2.24, 2.45) is 5.41 Å². The number of phenolic OH excluding ortho intramolecular Hbond substituents is 1. The molecule has 4 heteroatoms. The van der Waals surface area contributed by atoms with Crippen LogP contribution in [0.25, 0.3) is 0 Å². The topological polar surface area (TPSA) is 41.9 Å². The Kier molecular flexibility index (Phi) is 2.19. The van der Waals surface area contributed by atoms with Crippen molar-refractivity contribution in [3.05, 3.63) is 35.4 Å². The zero-order valence-electron chi connectivity index (χ0n) is 14.2. The minimum atomic E-state index is -0.359. The molecule has 1 aromatic rings. The number of aromatic hydroxyl groups is 1. The number of hydrogen-bond acceptors (Lipinski definition) is 4. The zero-order valence-corrected chi connectivity index (χ0v) is 14.2. The summed E-state index contributed by atoms with van der Waals surface area (Å²) in [7, 11) is 4.08. The van der Waals surface area contributed by atoms with E-state index in [2.05, 4.69) is 30.2 Å². The monoisotopic (exact) mass is 325 g/mol. The third kappa shape index (κ3) is 1.12. The molecule has 0 amide bonds. The van der Waals surface area contributed by atoms with Crippen LogP contribution < -0.4 is 4.74 Å². The van der Waals surface area contributed by atoms with Gasteiger partial charge in [-0.15, -0.1) is 0 Å². The lowest BCUT2D eigenvalue weighted by Gasteiger charge is -2.69. The molecule has 0 aromatic heterocycles. The van der Waals surface area contributed by atoms with E-state index in [1.807, 2.05) is 13.2 Å². The Bertz CT molecular complexity index is 804. The van der Waals surface area contributed by atoms with Crippen LogP contribution in [0.3, 0.4) is 0 Å². The van der Waals surface area contributed by atoms with Crippen molar-refractivity contribution < 1.29 is 14.6 Å². The average molecular weight is 325 g/mol. The van der Waals surface area contributed by atoms with Gasteiger partial charge in [-0.25, -0.2) is 0 Å². The maximum atomic E-state index is 10.5. The fourth-order valence-corrected chi connectivity index (χ4v) is 6.97. The molecule has 2 aliphatic heterocycles. The molecule has 1 aromatic carbocycles. The fraction of sp³-hybridized carbons (Fsp3) is 0.600. The molecule has 4 nitrogen and oxygen atoms in total. The van der Waals surface area contributed by atoms with E-state index in [-0.39, 0.29) is 28.3 Å². The third-order valence-corrected chi connectivity index (χ3v) is 8.00. The lowest BCUT2D eigenvalue weighted by atomic mass is 9.39. The van der Waals surface area contributed by atoms with Gasteiger partial charge >= 0.3 is 0 Å². The van der Waals surface area contributed by atoms with Crippen LogP contribution >= 0.6 is 0 Å². The number of benzene rings is 1. The molecule has 5 unspecified atom stereocenters. The molecular weight excluding hydrogens is 302 g/mol. The molecule has 4 bridgehead atoms. The molecule has 1 saturated carbocycles. The van der Waals surface area contributed by atoms with Crippen LogP contribution in [-0.2, 0) is 16.6 Å². The van der Waals surface area contributed by atoms with Crippen molar-refractivity contribution in [1.82, 2.24) is 4.90 Å². The van der Waals surface area contributed by atoms with Crippen molar-refractivity contribution in [1.29, 1.82) is 0 Å². The number of likely N-dealkylation sites (tertiary alicyclic amines) is 1. The number of methoxy groups -OCH3 is 1. The summed E-state index contributed by atoms with van der Waals surface area (Å²) < 4.78 is 12.6. The summed E-state index contributed by atoms with van der Waals surface area (Å²) in [6.45, 7) is 1.08. The summed E-state index contributed by atoms with van der Waals surface area (Å²) in [5.41, 5.74) is 2.36. The van der Waals surface area contributed by atoms with Gasteiger partial charge in [-0.1, -0.05) is 18.2 Å². The highest BCUT2D eigenvalue weighted by Gasteiger charge is 2.76. The van der Waals surface area contributed by atoms with Gasteiger partial charge in [-0.2, -0.15) is 0 Å². The minimum Gasteiger partial charge on any atom is -0.504 e. The number of hydrogen-bond donors (Lipinski definition) is 1. The summed E-state index contributed by atoms with van der Waals surface area (Å²) in [5, 5.41) is 10.5. The van der Waals surface area contributed by atoms with Crippen LogP contribution in [0.1, 0.15) is 30.4 Å². The summed E-state index contributed by atoms with van der Waals surface area (Å²) in [4.78, 5) is 2.55. The standard InChI is InChI=1S/C20H23NO3/c1-21-10-9-20-15-12-3-4-13(22)16(15)24-17(20)19(23-2)7-5-18(20,6-8-19)14(21)11-12/h3-5,7,14,17,22H,6,8-11H2,1-2H3. The SMILES string of the molecule is COC12C=CC3(CC1)C1Cc4ccc(O)c5c4C3(CCN1C)C2O5. The van der Waals surface area contributed by atoms with Gasteiger partial charge in [0, 0.05) is 24.1 Å². The highest BCUT2D eigenvalue weighted by Crippen LogP contribution is 2.73. The largest absolute Gasteiger partial charge is 0.504 e. The second-order valence-electron chi connectivity index (χ2n) is 8.40. The first-order valence-electron chi connectivity index (χ1n) is 9.06. The number of phenols is 1. The molecule has 1 saturated heterocycles. The van der Waals surface area contributed by atoms with Crippen LogP contribution in [0.2, 0.25) is 0 Å². The highest BCUT2D eigenvalue weighted by atomic mass is 16.6. The Labute approximate surface area is 142 Å².